The average Bonchev–Trinajstić information content (AvgIpc) is 3.26. The van der Waals surface area contributed by atoms with Crippen molar-refractivity contribution in [3.8, 4) is 6.07 Å². The van der Waals surface area contributed by atoms with Gasteiger partial charge in [0.05, 0.1) is 6.07 Å². The Hall–Kier alpha value is -1.89. The molecule has 1 aliphatic rings. The zero-order valence-electron chi connectivity index (χ0n) is 13.4. The van der Waals surface area contributed by atoms with Crippen LogP contribution in [0.2, 0.25) is 0 Å². The molecular weight excluding hydrogens is 250 g/mol. The molecule has 4 nitrogen and oxygen atoms in total. The third-order valence-corrected chi connectivity index (χ3v) is 2.90. The molecule has 1 fully saturated rings. The highest BCUT2D eigenvalue weighted by atomic mass is 16.2. The van der Waals surface area contributed by atoms with Gasteiger partial charge in [0.15, 0.2) is 0 Å². The number of carbonyl (C=O) groups is 1. The zero-order chi connectivity index (χ0) is 15.8. The quantitative estimate of drug-likeness (QED) is 0.897. The minimum atomic E-state index is -0.627. The van der Waals surface area contributed by atoms with E-state index in [-0.39, 0.29) is 5.91 Å². The highest BCUT2D eigenvalue weighted by Gasteiger charge is 2.44. The molecular formula is C16H25N3O. The van der Waals surface area contributed by atoms with Crippen molar-refractivity contribution in [1.29, 1.82) is 5.26 Å². The van der Waals surface area contributed by atoms with E-state index in [9.17, 15) is 4.79 Å². The fraction of sp³-hybridized carbons (Fsp3) is 0.562. The van der Waals surface area contributed by atoms with E-state index in [1.807, 2.05) is 47.6 Å². The largest absolute Gasteiger partial charge is 0.332 e. The molecule has 0 aromatic carbocycles. The third kappa shape index (κ3) is 4.65. The summed E-state index contributed by atoms with van der Waals surface area (Å²) in [5.74, 6) is -0.262. The van der Waals surface area contributed by atoms with Crippen LogP contribution in [0.1, 0.15) is 62.3 Å². The molecule has 110 valence electrons. The first-order chi connectivity index (χ1) is 9.56. The maximum atomic E-state index is 11.8. The fourth-order valence-corrected chi connectivity index (χ4v) is 1.43. The number of aromatic nitrogens is 1. The highest BCUT2D eigenvalue weighted by molar-refractivity contribution is 5.93. The molecule has 4 heteroatoms. The number of hydrogen-bond donors (Lipinski definition) is 1. The van der Waals surface area contributed by atoms with Gasteiger partial charge in [0, 0.05) is 5.69 Å². The summed E-state index contributed by atoms with van der Waals surface area (Å²) in [6.07, 6.45) is 1.47. The summed E-state index contributed by atoms with van der Waals surface area (Å²) in [4.78, 5) is 16.0. The first kappa shape index (κ1) is 18.1. The summed E-state index contributed by atoms with van der Waals surface area (Å²) in [6.45, 7) is 11.8. The maximum Gasteiger partial charge on any atom is 0.271 e. The van der Waals surface area contributed by atoms with Crippen molar-refractivity contribution >= 4 is 5.91 Å². The second-order valence-electron chi connectivity index (χ2n) is 4.25. The van der Waals surface area contributed by atoms with E-state index in [0.717, 1.165) is 24.1 Å². The molecule has 0 bridgehead atoms. The van der Waals surface area contributed by atoms with Gasteiger partial charge in [-0.3, -0.25) is 4.79 Å². The van der Waals surface area contributed by atoms with E-state index in [4.69, 9.17) is 5.26 Å². The summed E-state index contributed by atoms with van der Waals surface area (Å²) in [7, 11) is 0. The van der Waals surface area contributed by atoms with Crippen LogP contribution >= 0.6 is 0 Å². The van der Waals surface area contributed by atoms with E-state index in [1.165, 1.54) is 0 Å². The number of amides is 1. The van der Waals surface area contributed by atoms with Gasteiger partial charge >= 0.3 is 0 Å². The molecule has 1 N–H and O–H groups in total. The van der Waals surface area contributed by atoms with Gasteiger partial charge in [0.25, 0.3) is 5.91 Å². The molecule has 2 rings (SSSR count). The number of nitriles is 1. The lowest BCUT2D eigenvalue weighted by atomic mass is 10.2. The third-order valence-electron chi connectivity index (χ3n) is 2.90. The molecule has 0 unspecified atom stereocenters. The van der Waals surface area contributed by atoms with Gasteiger partial charge in [-0.2, -0.15) is 5.26 Å². The van der Waals surface area contributed by atoms with E-state index >= 15 is 0 Å². The van der Waals surface area contributed by atoms with Gasteiger partial charge in [0.1, 0.15) is 11.2 Å². The van der Waals surface area contributed by atoms with E-state index in [0.29, 0.717) is 5.69 Å². The topological polar surface area (TPSA) is 65.8 Å². The van der Waals surface area contributed by atoms with Gasteiger partial charge in [-0.25, -0.2) is 4.98 Å². The number of nitrogens with zero attached hydrogens (tertiary/aromatic N) is 2. The van der Waals surface area contributed by atoms with Crippen molar-refractivity contribution in [1.82, 2.24) is 10.3 Å². The number of rotatable bonds is 2. The predicted octanol–water partition coefficient (Wildman–Crippen LogP) is 3.54. The number of hydrogen-bond acceptors (Lipinski definition) is 3. The lowest BCUT2D eigenvalue weighted by Gasteiger charge is -2.09. The summed E-state index contributed by atoms with van der Waals surface area (Å²) in [5, 5.41) is 11.6. The van der Waals surface area contributed by atoms with Crippen molar-refractivity contribution in [3.63, 3.8) is 0 Å². The minimum absolute atomic E-state index is 0.262. The lowest BCUT2D eigenvalue weighted by molar-refractivity contribution is 0.0936. The van der Waals surface area contributed by atoms with Crippen LogP contribution in [0, 0.1) is 25.2 Å². The van der Waals surface area contributed by atoms with Crippen molar-refractivity contribution < 1.29 is 4.79 Å². The first-order valence-electron chi connectivity index (χ1n) is 7.24. The second kappa shape index (κ2) is 8.31. The normalized spacial score (nSPS) is 13.7. The Morgan fingerprint density at radius 1 is 1.25 bits per heavy atom. The van der Waals surface area contributed by atoms with Gasteiger partial charge < -0.3 is 5.32 Å². The van der Waals surface area contributed by atoms with Crippen LogP contribution in [0.3, 0.4) is 0 Å². The molecule has 0 aliphatic heterocycles. The number of aryl methyl sites for hydroxylation is 2. The number of carbonyl (C=O) groups excluding carboxylic acids is 1. The van der Waals surface area contributed by atoms with Crippen LogP contribution in [0.25, 0.3) is 0 Å². The summed E-state index contributed by atoms with van der Waals surface area (Å²) >= 11 is 0. The molecule has 1 saturated carbocycles. The standard InChI is InChI=1S/C12H13N3O.2C2H6/c1-8-3-4-10(14-9(8)2)11(16)15-12(7-13)5-6-12;2*1-2/h3-4H,5-6H2,1-2H3,(H,15,16);2*1-2H3. The highest BCUT2D eigenvalue weighted by Crippen LogP contribution is 2.34. The Labute approximate surface area is 122 Å². The van der Waals surface area contributed by atoms with Crippen LogP contribution in [0.15, 0.2) is 12.1 Å². The molecule has 0 atom stereocenters. The average molecular weight is 275 g/mol. The Morgan fingerprint density at radius 2 is 1.80 bits per heavy atom. The van der Waals surface area contributed by atoms with E-state index in [1.54, 1.807) is 6.07 Å². The molecule has 1 heterocycles. The van der Waals surface area contributed by atoms with Crippen LogP contribution < -0.4 is 5.32 Å². The van der Waals surface area contributed by atoms with Gasteiger partial charge in [-0.1, -0.05) is 33.8 Å². The van der Waals surface area contributed by atoms with Gasteiger partial charge in [0.2, 0.25) is 0 Å². The molecule has 1 aromatic rings. The smallest absolute Gasteiger partial charge is 0.271 e. The van der Waals surface area contributed by atoms with Crippen molar-refractivity contribution in [2.24, 2.45) is 0 Å². The van der Waals surface area contributed by atoms with Gasteiger partial charge in [-0.05, 0) is 38.3 Å². The Bertz CT molecular complexity index is 485. The van der Waals surface area contributed by atoms with Gasteiger partial charge in [-0.15, -0.1) is 0 Å². The fourth-order valence-electron chi connectivity index (χ4n) is 1.43. The van der Waals surface area contributed by atoms with Crippen molar-refractivity contribution in [2.45, 2.75) is 59.9 Å². The van der Waals surface area contributed by atoms with Crippen molar-refractivity contribution in [3.05, 3.63) is 29.1 Å². The molecule has 0 radical (unpaired) electrons. The second-order valence-corrected chi connectivity index (χ2v) is 4.25. The molecule has 0 saturated heterocycles. The minimum Gasteiger partial charge on any atom is -0.332 e. The van der Waals surface area contributed by atoms with Crippen molar-refractivity contribution in [2.75, 3.05) is 0 Å². The Balaban J connectivity index is 0.000000829. The van der Waals surface area contributed by atoms with Crippen LogP contribution in [-0.2, 0) is 0 Å². The van der Waals surface area contributed by atoms with E-state index < -0.39 is 5.54 Å². The zero-order valence-corrected chi connectivity index (χ0v) is 13.4. The molecule has 1 amide bonds. The predicted molar refractivity (Wildman–Crippen MR) is 81.5 cm³/mol. The van der Waals surface area contributed by atoms with Crippen LogP contribution in [0.4, 0.5) is 0 Å². The van der Waals surface area contributed by atoms with Crippen LogP contribution in [-0.4, -0.2) is 16.4 Å². The molecule has 20 heavy (non-hydrogen) atoms. The number of pyridine rings is 1. The monoisotopic (exact) mass is 275 g/mol. The lowest BCUT2D eigenvalue weighted by Crippen LogP contribution is -2.36. The first-order valence-corrected chi connectivity index (χ1v) is 7.24. The Morgan fingerprint density at radius 3 is 2.20 bits per heavy atom. The summed E-state index contributed by atoms with van der Waals surface area (Å²) < 4.78 is 0. The summed E-state index contributed by atoms with van der Waals surface area (Å²) in [6, 6.07) is 5.67. The molecule has 1 aliphatic carbocycles. The summed E-state index contributed by atoms with van der Waals surface area (Å²) in [5.41, 5.74) is 1.65. The SMILES string of the molecule is CC.CC.Cc1ccc(C(=O)NC2(C#N)CC2)nc1C. The van der Waals surface area contributed by atoms with E-state index in [2.05, 4.69) is 16.4 Å². The number of nitrogens with one attached hydrogen (secondary N) is 1. The maximum absolute atomic E-state index is 11.8. The Kier molecular flexibility index (Phi) is 7.53. The van der Waals surface area contributed by atoms with Crippen LogP contribution in [0.5, 0.6) is 0 Å². The molecule has 0 spiro atoms. The molecule has 1 aromatic heterocycles.